The van der Waals surface area contributed by atoms with Gasteiger partial charge < -0.3 is 5.32 Å². The lowest BCUT2D eigenvalue weighted by Crippen LogP contribution is -2.47. The molecule has 0 saturated carbocycles. The zero-order valence-corrected chi connectivity index (χ0v) is 16.4. The zero-order valence-electron chi connectivity index (χ0n) is 15.6. The number of carbonyl (C=O) groups excluding carboxylic acids is 1. The second kappa shape index (κ2) is 7.48. The molecule has 144 valence electrons. The third kappa shape index (κ3) is 3.25. The monoisotopic (exact) mass is 393 g/mol. The molecular formula is C21H23N5OS. The molecule has 0 spiro atoms. The molecule has 2 aliphatic heterocycles. The Balaban J connectivity index is 1.43. The second-order valence-electron chi connectivity index (χ2n) is 7.45. The van der Waals surface area contributed by atoms with Crippen molar-refractivity contribution < 1.29 is 4.79 Å². The van der Waals surface area contributed by atoms with Gasteiger partial charge >= 0.3 is 0 Å². The van der Waals surface area contributed by atoms with Gasteiger partial charge in [-0.3, -0.25) is 9.69 Å². The molecule has 2 fully saturated rings. The van der Waals surface area contributed by atoms with Gasteiger partial charge in [-0.2, -0.15) is 0 Å². The zero-order chi connectivity index (χ0) is 18.9. The quantitative estimate of drug-likeness (QED) is 0.738. The first-order valence-corrected chi connectivity index (χ1v) is 10.8. The van der Waals surface area contributed by atoms with Crippen molar-refractivity contribution in [2.75, 3.05) is 13.1 Å². The number of nitrogens with zero attached hydrogens (tertiary/aromatic N) is 4. The van der Waals surface area contributed by atoms with Crippen molar-refractivity contribution in [1.82, 2.24) is 25.0 Å². The number of thiophene rings is 1. The van der Waals surface area contributed by atoms with Gasteiger partial charge in [-0.15, -0.1) is 16.4 Å². The summed E-state index contributed by atoms with van der Waals surface area (Å²) in [6.45, 7) is 2.22. The van der Waals surface area contributed by atoms with E-state index in [-0.39, 0.29) is 17.8 Å². The number of hydrogen-bond donors (Lipinski definition) is 1. The summed E-state index contributed by atoms with van der Waals surface area (Å²) in [6.07, 6.45) is 4.69. The van der Waals surface area contributed by atoms with Gasteiger partial charge in [-0.25, -0.2) is 9.67 Å². The number of para-hydroxylation sites is 1. The Morgan fingerprint density at radius 1 is 1.07 bits per heavy atom. The summed E-state index contributed by atoms with van der Waals surface area (Å²) in [5, 5.41) is 9.79. The Morgan fingerprint density at radius 2 is 1.96 bits per heavy atom. The van der Waals surface area contributed by atoms with Crippen molar-refractivity contribution in [3.63, 3.8) is 0 Å². The first kappa shape index (κ1) is 17.6. The van der Waals surface area contributed by atoms with Gasteiger partial charge in [0.1, 0.15) is 0 Å². The van der Waals surface area contributed by atoms with E-state index in [9.17, 15) is 4.79 Å². The number of hydrogen-bond acceptors (Lipinski definition) is 5. The van der Waals surface area contributed by atoms with E-state index in [2.05, 4.69) is 20.3 Å². The number of benzene rings is 1. The van der Waals surface area contributed by atoms with Crippen LogP contribution >= 0.6 is 11.3 Å². The highest BCUT2D eigenvalue weighted by atomic mass is 32.1. The van der Waals surface area contributed by atoms with Crippen molar-refractivity contribution in [2.24, 2.45) is 0 Å². The van der Waals surface area contributed by atoms with E-state index in [1.807, 2.05) is 47.8 Å². The summed E-state index contributed by atoms with van der Waals surface area (Å²) in [6, 6.07) is 14.5. The third-order valence-corrected chi connectivity index (χ3v) is 6.59. The van der Waals surface area contributed by atoms with Crippen LogP contribution in [0.25, 0.3) is 16.4 Å². The van der Waals surface area contributed by atoms with Crippen LogP contribution in [0.1, 0.15) is 36.3 Å². The molecule has 1 aromatic carbocycles. The molecule has 5 rings (SSSR count). The molecule has 2 aliphatic rings. The first-order chi connectivity index (χ1) is 13.8. The van der Waals surface area contributed by atoms with Gasteiger partial charge in [-0.05, 0) is 49.4 Å². The summed E-state index contributed by atoms with van der Waals surface area (Å²) in [5.74, 6) is 0.767. The molecule has 2 atom stereocenters. The van der Waals surface area contributed by atoms with Crippen LogP contribution in [0.2, 0.25) is 0 Å². The largest absolute Gasteiger partial charge is 0.345 e. The number of piperidine rings is 1. The van der Waals surface area contributed by atoms with Crippen LogP contribution in [-0.4, -0.2) is 50.7 Å². The lowest BCUT2D eigenvalue weighted by Gasteiger charge is -2.32. The molecule has 1 N–H and O–H groups in total. The van der Waals surface area contributed by atoms with Crippen LogP contribution in [0.4, 0.5) is 0 Å². The van der Waals surface area contributed by atoms with Gasteiger partial charge in [-0.1, -0.05) is 30.7 Å². The molecule has 2 aromatic heterocycles. The fraction of sp³-hybridized carbons (Fsp3) is 0.381. The number of amides is 1. The Labute approximate surface area is 168 Å². The van der Waals surface area contributed by atoms with Gasteiger partial charge in [0.15, 0.2) is 5.82 Å². The van der Waals surface area contributed by atoms with Crippen LogP contribution in [0.15, 0.2) is 47.8 Å². The Bertz CT molecular complexity index is 953. The molecule has 6 nitrogen and oxygen atoms in total. The van der Waals surface area contributed by atoms with Gasteiger partial charge in [0.05, 0.1) is 10.6 Å². The lowest BCUT2D eigenvalue weighted by atomic mass is 9.99. The average Bonchev–Trinajstić information content (AvgIpc) is 3.48. The van der Waals surface area contributed by atoms with E-state index in [0.29, 0.717) is 11.9 Å². The van der Waals surface area contributed by atoms with Crippen molar-refractivity contribution in [2.45, 2.75) is 37.8 Å². The highest BCUT2D eigenvalue weighted by Crippen LogP contribution is 2.28. The van der Waals surface area contributed by atoms with Crippen LogP contribution in [-0.2, 0) is 0 Å². The van der Waals surface area contributed by atoms with Crippen molar-refractivity contribution in [3.8, 4) is 16.4 Å². The predicted octanol–water partition coefficient (Wildman–Crippen LogP) is 3.35. The van der Waals surface area contributed by atoms with E-state index < -0.39 is 0 Å². The maximum atomic E-state index is 13.0. The van der Waals surface area contributed by atoms with E-state index in [0.717, 1.165) is 36.5 Å². The molecule has 0 unspecified atom stereocenters. The summed E-state index contributed by atoms with van der Waals surface area (Å²) in [5.41, 5.74) is 0.900. The fourth-order valence-electron chi connectivity index (χ4n) is 4.37. The molecule has 28 heavy (non-hydrogen) atoms. The number of fused-ring (bicyclic) bond motifs is 1. The standard InChI is InChI=1S/C21H23N5OS/c27-21(22-16-11-13-25-12-5-4-9-17(16)25)19-23-20(18-10-6-14-28-18)26(24-19)15-7-2-1-3-8-15/h1-3,6-8,10,14,16-17H,4-5,9,11-13H2,(H,22,27)/t16-,17-/m0/s1. The fourth-order valence-corrected chi connectivity index (χ4v) is 5.07. The van der Waals surface area contributed by atoms with Gasteiger partial charge in [0.2, 0.25) is 5.82 Å². The SMILES string of the molecule is O=C(N[C@H]1CCN2CCCC[C@@H]12)c1nc(-c2cccs2)n(-c2ccccc2)n1. The van der Waals surface area contributed by atoms with Gasteiger partial charge in [0.25, 0.3) is 5.91 Å². The van der Waals surface area contributed by atoms with E-state index >= 15 is 0 Å². The maximum absolute atomic E-state index is 13.0. The minimum Gasteiger partial charge on any atom is -0.345 e. The number of carbonyl (C=O) groups is 1. The first-order valence-electron chi connectivity index (χ1n) is 9.91. The second-order valence-corrected chi connectivity index (χ2v) is 8.40. The van der Waals surface area contributed by atoms with Crippen molar-refractivity contribution in [3.05, 3.63) is 53.7 Å². The molecule has 0 radical (unpaired) electrons. The van der Waals surface area contributed by atoms with Crippen molar-refractivity contribution in [1.29, 1.82) is 0 Å². The van der Waals surface area contributed by atoms with Crippen LogP contribution in [0, 0.1) is 0 Å². The van der Waals surface area contributed by atoms with E-state index in [1.54, 1.807) is 16.0 Å². The molecular weight excluding hydrogens is 370 g/mol. The summed E-state index contributed by atoms with van der Waals surface area (Å²) in [4.78, 5) is 21.1. The average molecular weight is 394 g/mol. The predicted molar refractivity (Wildman–Crippen MR) is 110 cm³/mol. The number of nitrogens with one attached hydrogen (secondary N) is 1. The summed E-state index contributed by atoms with van der Waals surface area (Å²) >= 11 is 1.60. The summed E-state index contributed by atoms with van der Waals surface area (Å²) < 4.78 is 1.77. The van der Waals surface area contributed by atoms with E-state index in [4.69, 9.17) is 0 Å². The summed E-state index contributed by atoms with van der Waals surface area (Å²) in [7, 11) is 0. The minimum atomic E-state index is -0.176. The number of aromatic nitrogens is 3. The van der Waals surface area contributed by atoms with Crippen LogP contribution < -0.4 is 5.32 Å². The van der Waals surface area contributed by atoms with Crippen LogP contribution in [0.5, 0.6) is 0 Å². The van der Waals surface area contributed by atoms with E-state index in [1.165, 1.54) is 12.8 Å². The molecule has 7 heteroatoms. The molecule has 0 bridgehead atoms. The molecule has 4 heterocycles. The van der Waals surface area contributed by atoms with Crippen molar-refractivity contribution >= 4 is 17.2 Å². The Kier molecular flexibility index (Phi) is 4.70. The molecule has 2 saturated heterocycles. The normalized spacial score (nSPS) is 22.1. The Hall–Kier alpha value is -2.51. The number of rotatable bonds is 4. The van der Waals surface area contributed by atoms with Crippen LogP contribution in [0.3, 0.4) is 0 Å². The molecule has 0 aliphatic carbocycles. The smallest absolute Gasteiger partial charge is 0.291 e. The highest BCUT2D eigenvalue weighted by Gasteiger charge is 2.37. The molecule has 3 aromatic rings. The minimum absolute atomic E-state index is 0.176. The lowest BCUT2D eigenvalue weighted by molar-refractivity contribution is 0.0905. The maximum Gasteiger partial charge on any atom is 0.291 e. The van der Waals surface area contributed by atoms with Gasteiger partial charge in [0, 0.05) is 18.6 Å². The molecule has 1 amide bonds. The highest BCUT2D eigenvalue weighted by molar-refractivity contribution is 7.13. The topological polar surface area (TPSA) is 63.1 Å². The third-order valence-electron chi connectivity index (χ3n) is 5.73. The Morgan fingerprint density at radius 3 is 2.79 bits per heavy atom.